The molecule has 0 unspecified atom stereocenters. The molecule has 25 heavy (non-hydrogen) atoms. The summed E-state index contributed by atoms with van der Waals surface area (Å²) in [4.78, 5) is 26.7. The molecule has 2 heterocycles. The number of benzene rings is 1. The summed E-state index contributed by atoms with van der Waals surface area (Å²) in [5.74, 6) is 5.53. The van der Waals surface area contributed by atoms with Crippen LogP contribution in [0.1, 0.15) is 20.9 Å². The predicted octanol–water partition coefficient (Wildman–Crippen LogP) is 3.70. The smallest absolute Gasteiger partial charge is 0.321 e. The lowest BCUT2D eigenvalue weighted by molar-refractivity contribution is -0.380. The maximum Gasteiger partial charge on any atom is 0.324 e. The molecular weight excluding hydrogens is 338 g/mol. The molecule has 0 radical (unpaired) electrons. The monoisotopic (exact) mass is 349 g/mol. The highest BCUT2D eigenvalue weighted by Crippen LogP contribution is 2.24. The van der Waals surface area contributed by atoms with Crippen molar-refractivity contribution in [2.45, 2.75) is 0 Å². The number of pyridine rings is 1. The van der Waals surface area contributed by atoms with E-state index in [-0.39, 0.29) is 9.88 Å². The number of aromatic nitrogens is 1. The first-order valence-corrected chi connectivity index (χ1v) is 8.02. The maximum atomic E-state index is 12.2. The molecule has 0 bridgehead atoms. The van der Waals surface area contributed by atoms with E-state index in [1.807, 2.05) is 24.3 Å². The van der Waals surface area contributed by atoms with Crippen molar-refractivity contribution in [1.82, 2.24) is 4.98 Å². The molecule has 0 aliphatic heterocycles. The minimum atomic E-state index is -0.519. The highest BCUT2D eigenvalue weighted by atomic mass is 32.1. The number of hydrogen-bond acceptors (Lipinski definition) is 5. The number of nitrogens with zero attached hydrogens (tertiary/aromatic N) is 2. The van der Waals surface area contributed by atoms with Gasteiger partial charge >= 0.3 is 5.00 Å². The Balaban J connectivity index is 1.74. The van der Waals surface area contributed by atoms with Gasteiger partial charge in [0.2, 0.25) is 0 Å². The summed E-state index contributed by atoms with van der Waals surface area (Å²) < 4.78 is 0. The molecule has 7 heteroatoms. The molecule has 0 fully saturated rings. The largest absolute Gasteiger partial charge is 0.324 e. The molecule has 122 valence electrons. The quantitative estimate of drug-likeness (QED) is 0.444. The van der Waals surface area contributed by atoms with Gasteiger partial charge in [-0.2, -0.15) is 0 Å². The first kappa shape index (κ1) is 16.4. The van der Waals surface area contributed by atoms with Gasteiger partial charge in [-0.1, -0.05) is 29.4 Å². The highest BCUT2D eigenvalue weighted by molar-refractivity contribution is 7.17. The van der Waals surface area contributed by atoms with Gasteiger partial charge in [-0.3, -0.25) is 14.9 Å². The maximum absolute atomic E-state index is 12.2. The van der Waals surface area contributed by atoms with Crippen molar-refractivity contribution in [3.05, 3.63) is 87.0 Å². The van der Waals surface area contributed by atoms with E-state index >= 15 is 0 Å². The number of nitrogens with one attached hydrogen (secondary N) is 1. The van der Waals surface area contributed by atoms with E-state index in [1.165, 1.54) is 12.1 Å². The Hall–Kier alpha value is -3.50. The van der Waals surface area contributed by atoms with Crippen LogP contribution in [0, 0.1) is 22.0 Å². The molecule has 3 rings (SSSR count). The van der Waals surface area contributed by atoms with Crippen LogP contribution in [-0.2, 0) is 0 Å². The summed E-state index contributed by atoms with van der Waals surface area (Å²) in [6.45, 7) is 0. The zero-order valence-electron chi connectivity index (χ0n) is 12.8. The Morgan fingerprint density at radius 2 is 2.00 bits per heavy atom. The Morgan fingerprint density at radius 3 is 2.72 bits per heavy atom. The van der Waals surface area contributed by atoms with Gasteiger partial charge in [0, 0.05) is 23.5 Å². The molecule has 0 atom stereocenters. The molecule has 0 saturated heterocycles. The zero-order valence-corrected chi connectivity index (χ0v) is 13.6. The fourth-order valence-electron chi connectivity index (χ4n) is 1.99. The van der Waals surface area contributed by atoms with Crippen molar-refractivity contribution in [3.8, 4) is 11.8 Å². The second-order valence-corrected chi connectivity index (χ2v) is 5.96. The Morgan fingerprint density at radius 1 is 1.12 bits per heavy atom. The number of thiophene rings is 1. The minimum Gasteiger partial charge on any atom is -0.321 e. The summed E-state index contributed by atoms with van der Waals surface area (Å²) in [7, 11) is 0. The van der Waals surface area contributed by atoms with Gasteiger partial charge in [-0.25, -0.2) is 4.98 Å². The van der Waals surface area contributed by atoms with Crippen LogP contribution in [0.4, 0.5) is 10.7 Å². The van der Waals surface area contributed by atoms with Gasteiger partial charge in [-0.15, -0.1) is 0 Å². The molecule has 1 amide bonds. The third-order valence-electron chi connectivity index (χ3n) is 3.12. The fraction of sp³-hybridized carbons (Fsp3) is 0. The lowest BCUT2D eigenvalue weighted by Crippen LogP contribution is -2.10. The summed E-state index contributed by atoms with van der Waals surface area (Å²) in [5, 5.41) is 13.3. The second kappa shape index (κ2) is 7.38. The van der Waals surface area contributed by atoms with E-state index in [4.69, 9.17) is 0 Å². The van der Waals surface area contributed by atoms with Crippen molar-refractivity contribution in [1.29, 1.82) is 0 Å². The standard InChI is InChI=1S/C18H11N3O3S/c22-18(16-9-10-17(25-16)21(23)24)20-15-6-3-4-13(12-15)7-8-14-5-1-2-11-19-14/h1-6,9-12H,(H,20,22). The van der Waals surface area contributed by atoms with Crippen LogP contribution in [0.25, 0.3) is 0 Å². The third-order valence-corrected chi connectivity index (χ3v) is 4.15. The first-order valence-electron chi connectivity index (χ1n) is 7.20. The van der Waals surface area contributed by atoms with Gasteiger partial charge in [0.15, 0.2) is 0 Å². The zero-order chi connectivity index (χ0) is 17.6. The molecule has 1 aromatic carbocycles. The molecule has 0 saturated carbocycles. The third kappa shape index (κ3) is 4.28. The SMILES string of the molecule is O=C(Nc1cccc(C#Cc2ccccn2)c1)c1ccc([N+](=O)[O-])s1. The van der Waals surface area contributed by atoms with Crippen molar-refractivity contribution in [2.75, 3.05) is 5.32 Å². The minimum absolute atomic E-state index is 0.0693. The van der Waals surface area contributed by atoms with Crippen LogP contribution in [0.15, 0.2) is 60.8 Å². The van der Waals surface area contributed by atoms with Gasteiger partial charge in [0.1, 0.15) is 5.69 Å². The van der Waals surface area contributed by atoms with Crippen LogP contribution < -0.4 is 5.32 Å². The number of nitro groups is 1. The fourth-order valence-corrected chi connectivity index (χ4v) is 2.70. The van der Waals surface area contributed by atoms with E-state index < -0.39 is 10.8 Å². The molecule has 3 aromatic rings. The number of amides is 1. The predicted molar refractivity (Wildman–Crippen MR) is 95.6 cm³/mol. The van der Waals surface area contributed by atoms with E-state index in [0.29, 0.717) is 11.4 Å². The summed E-state index contributed by atoms with van der Waals surface area (Å²) in [6, 6.07) is 15.3. The molecule has 2 aromatic heterocycles. The molecule has 0 spiro atoms. The molecule has 6 nitrogen and oxygen atoms in total. The second-order valence-electron chi connectivity index (χ2n) is 4.89. The molecule has 0 aliphatic carbocycles. The van der Waals surface area contributed by atoms with Crippen molar-refractivity contribution in [3.63, 3.8) is 0 Å². The van der Waals surface area contributed by atoms with Gasteiger partial charge in [-0.05, 0) is 42.3 Å². The van der Waals surface area contributed by atoms with Crippen LogP contribution in [0.2, 0.25) is 0 Å². The first-order chi connectivity index (χ1) is 12.1. The van der Waals surface area contributed by atoms with E-state index in [1.54, 1.807) is 24.4 Å². The topological polar surface area (TPSA) is 85.1 Å². The van der Waals surface area contributed by atoms with Crippen LogP contribution in [0.5, 0.6) is 0 Å². The average molecular weight is 349 g/mol. The van der Waals surface area contributed by atoms with Crippen LogP contribution in [-0.4, -0.2) is 15.8 Å². The average Bonchev–Trinajstić information content (AvgIpc) is 3.12. The molecule has 1 N–H and O–H groups in total. The molecule has 0 aliphatic rings. The Bertz CT molecular complexity index is 987. The lowest BCUT2D eigenvalue weighted by Gasteiger charge is -2.03. The normalized spacial score (nSPS) is 9.76. The van der Waals surface area contributed by atoms with E-state index in [0.717, 1.165) is 16.9 Å². The number of carbonyl (C=O) groups is 1. The number of anilines is 1. The summed E-state index contributed by atoms with van der Waals surface area (Å²) in [6.07, 6.45) is 1.67. The van der Waals surface area contributed by atoms with E-state index in [9.17, 15) is 14.9 Å². The van der Waals surface area contributed by atoms with Crippen molar-refractivity contribution < 1.29 is 9.72 Å². The van der Waals surface area contributed by atoms with Gasteiger partial charge < -0.3 is 5.32 Å². The number of rotatable bonds is 3. The molecular formula is C18H11N3O3S. The Labute approximate surface area is 147 Å². The number of hydrogen-bond donors (Lipinski definition) is 1. The van der Waals surface area contributed by atoms with Crippen LogP contribution in [0.3, 0.4) is 0 Å². The summed E-state index contributed by atoms with van der Waals surface area (Å²) >= 11 is 0.833. The van der Waals surface area contributed by atoms with Crippen molar-refractivity contribution >= 4 is 27.9 Å². The Kier molecular flexibility index (Phi) is 4.83. The summed E-state index contributed by atoms with van der Waals surface area (Å²) in [5.41, 5.74) is 1.94. The van der Waals surface area contributed by atoms with E-state index in [2.05, 4.69) is 22.1 Å². The van der Waals surface area contributed by atoms with Crippen molar-refractivity contribution in [2.24, 2.45) is 0 Å². The lowest BCUT2D eigenvalue weighted by atomic mass is 10.2. The van der Waals surface area contributed by atoms with Crippen LogP contribution >= 0.6 is 11.3 Å². The highest BCUT2D eigenvalue weighted by Gasteiger charge is 2.15. The van der Waals surface area contributed by atoms with Gasteiger partial charge in [0.25, 0.3) is 5.91 Å². The number of carbonyl (C=O) groups excluding carboxylic acids is 1. The van der Waals surface area contributed by atoms with Gasteiger partial charge in [0.05, 0.1) is 9.80 Å².